The van der Waals surface area contributed by atoms with Crippen LogP contribution in [0.1, 0.15) is 26.3 Å². The second-order valence-corrected chi connectivity index (χ2v) is 9.43. The van der Waals surface area contributed by atoms with Gasteiger partial charge in [-0.25, -0.2) is 4.39 Å². The first-order valence-corrected chi connectivity index (χ1v) is 12.3. The minimum atomic E-state index is -0.271. The van der Waals surface area contributed by atoms with E-state index < -0.39 is 0 Å². The number of halogens is 1. The van der Waals surface area contributed by atoms with Crippen molar-refractivity contribution >= 4 is 22.7 Å². The van der Waals surface area contributed by atoms with Crippen molar-refractivity contribution in [1.29, 1.82) is 0 Å². The quantitative estimate of drug-likeness (QED) is 0.366. The summed E-state index contributed by atoms with van der Waals surface area (Å²) in [7, 11) is 1.60. The molecule has 190 valence electrons. The minimum absolute atomic E-state index is 0.00695. The van der Waals surface area contributed by atoms with Crippen molar-refractivity contribution < 1.29 is 18.7 Å². The highest BCUT2D eigenvalue weighted by Gasteiger charge is 2.31. The molecule has 0 aliphatic carbocycles. The molecule has 5 rings (SSSR count). The third-order valence-corrected chi connectivity index (χ3v) is 6.84. The number of carbonyl (C=O) groups excluding carboxylic acids is 2. The zero-order valence-corrected chi connectivity index (χ0v) is 20.9. The molecule has 8 heteroatoms. The summed E-state index contributed by atoms with van der Waals surface area (Å²) in [4.78, 5) is 27.2. The van der Waals surface area contributed by atoms with Crippen LogP contribution >= 0.6 is 0 Å². The molecule has 7 nitrogen and oxygen atoms in total. The van der Waals surface area contributed by atoms with Crippen LogP contribution in [0.4, 0.5) is 4.39 Å². The number of nitrogens with one attached hydrogen (secondary N) is 1. The predicted molar refractivity (Wildman–Crippen MR) is 140 cm³/mol. The number of rotatable bonds is 8. The van der Waals surface area contributed by atoms with E-state index in [0.29, 0.717) is 49.8 Å². The van der Waals surface area contributed by atoms with E-state index >= 15 is 0 Å². The third kappa shape index (κ3) is 5.24. The monoisotopic (exact) mass is 500 g/mol. The molecule has 0 unspecified atom stereocenters. The van der Waals surface area contributed by atoms with E-state index in [1.807, 2.05) is 59.1 Å². The molecule has 1 N–H and O–H groups in total. The van der Waals surface area contributed by atoms with Crippen molar-refractivity contribution in [2.45, 2.75) is 13.5 Å². The van der Waals surface area contributed by atoms with Crippen molar-refractivity contribution in [3.05, 3.63) is 89.4 Å². The third-order valence-electron chi connectivity index (χ3n) is 6.84. The Hall–Kier alpha value is -4.04. The number of hydrogen-bond donors (Lipinski definition) is 1. The summed E-state index contributed by atoms with van der Waals surface area (Å²) in [6.45, 7) is 4.90. The molecule has 0 radical (unpaired) electrons. The molecule has 1 fully saturated rings. The van der Waals surface area contributed by atoms with E-state index in [0.717, 1.165) is 27.6 Å². The Morgan fingerprint density at radius 2 is 1.70 bits per heavy atom. The number of amides is 2. The first-order chi connectivity index (χ1) is 17.9. The van der Waals surface area contributed by atoms with Gasteiger partial charge in [0.15, 0.2) is 0 Å². The maximum Gasteiger partial charge on any atom is 0.253 e. The molecule has 0 spiro atoms. The van der Waals surface area contributed by atoms with E-state index in [2.05, 4.69) is 10.4 Å². The van der Waals surface area contributed by atoms with Crippen LogP contribution in [-0.2, 0) is 11.3 Å². The number of benzene rings is 3. The number of aromatic nitrogens is 2. The number of likely N-dealkylation sites (tertiary alicyclic amines) is 1. The van der Waals surface area contributed by atoms with Crippen LogP contribution in [0.2, 0.25) is 0 Å². The molecule has 0 bridgehead atoms. The highest BCUT2D eigenvalue weighted by Crippen LogP contribution is 2.25. The normalized spacial score (nSPS) is 13.5. The van der Waals surface area contributed by atoms with Gasteiger partial charge in [0.05, 0.1) is 12.1 Å². The highest BCUT2D eigenvalue weighted by molar-refractivity contribution is 6.00. The number of fused-ring (bicyclic) bond motifs is 1. The predicted octanol–water partition coefficient (Wildman–Crippen LogP) is 4.30. The molecule has 2 amide bonds. The molecule has 4 aromatic rings. The smallest absolute Gasteiger partial charge is 0.253 e. The standard InChI is InChI=1S/C29H29FN4O3/c1-19-25(28(35)31-13-14-37-2)11-12-27-26(19)18-34(32-27)17-20-15-33(16-20)29(36)23-5-3-21(4-6-23)22-7-9-24(30)10-8-22/h3-12,18,20H,13-17H2,1-2H3,(H,31,35). The van der Waals surface area contributed by atoms with Crippen molar-refractivity contribution in [2.75, 3.05) is 33.4 Å². The van der Waals surface area contributed by atoms with E-state index in [9.17, 15) is 14.0 Å². The van der Waals surface area contributed by atoms with Crippen LogP contribution in [0, 0.1) is 18.7 Å². The number of carbonyl (C=O) groups is 2. The lowest BCUT2D eigenvalue weighted by Gasteiger charge is -2.39. The Labute approximate surface area is 214 Å². The first-order valence-electron chi connectivity index (χ1n) is 12.3. The first kappa shape index (κ1) is 24.6. The molecule has 0 saturated carbocycles. The van der Waals surface area contributed by atoms with Gasteiger partial charge in [-0.2, -0.15) is 5.10 Å². The average molecular weight is 501 g/mol. The number of hydrogen-bond acceptors (Lipinski definition) is 4. The van der Waals surface area contributed by atoms with Crippen LogP contribution in [0.25, 0.3) is 22.0 Å². The number of aryl methyl sites for hydroxylation is 1. The van der Waals surface area contributed by atoms with E-state index in [4.69, 9.17) is 4.74 Å². The van der Waals surface area contributed by atoms with Crippen LogP contribution in [0.15, 0.2) is 66.9 Å². The Morgan fingerprint density at radius 1 is 1.03 bits per heavy atom. The second-order valence-electron chi connectivity index (χ2n) is 9.43. The van der Waals surface area contributed by atoms with Gasteiger partial charge >= 0.3 is 0 Å². The molecule has 37 heavy (non-hydrogen) atoms. The van der Waals surface area contributed by atoms with Crippen molar-refractivity contribution in [3.63, 3.8) is 0 Å². The molecule has 3 aromatic carbocycles. The SMILES string of the molecule is COCCNC(=O)c1ccc2nn(CC3CN(C(=O)c4ccc(-c5ccc(F)cc5)cc4)C3)cc2c1C. The van der Waals surface area contributed by atoms with Gasteiger partial charge in [0.1, 0.15) is 5.82 Å². The molecule has 1 saturated heterocycles. The van der Waals surface area contributed by atoms with E-state index in [1.54, 1.807) is 19.2 Å². The summed E-state index contributed by atoms with van der Waals surface area (Å²) < 4.78 is 20.1. The summed E-state index contributed by atoms with van der Waals surface area (Å²) in [6, 6.07) is 17.4. The van der Waals surface area contributed by atoms with Gasteiger partial charge in [0.2, 0.25) is 0 Å². The molecular weight excluding hydrogens is 471 g/mol. The van der Waals surface area contributed by atoms with Crippen LogP contribution in [0.5, 0.6) is 0 Å². The molecule has 0 atom stereocenters. The lowest BCUT2D eigenvalue weighted by molar-refractivity contribution is 0.0462. The van der Waals surface area contributed by atoms with E-state index in [1.165, 1.54) is 12.1 Å². The fraction of sp³-hybridized carbons (Fsp3) is 0.276. The van der Waals surface area contributed by atoms with Crippen molar-refractivity contribution in [2.24, 2.45) is 5.92 Å². The Balaban J connectivity index is 1.18. The molecular formula is C29H29FN4O3. The van der Waals surface area contributed by atoms with Gasteiger partial charge in [-0.15, -0.1) is 0 Å². The molecule has 1 aliphatic heterocycles. The number of methoxy groups -OCH3 is 1. The number of nitrogens with zero attached hydrogens (tertiary/aromatic N) is 3. The Bertz CT molecular complexity index is 1420. The summed E-state index contributed by atoms with van der Waals surface area (Å²) >= 11 is 0. The Kier molecular flexibility index (Phi) is 7.01. The summed E-state index contributed by atoms with van der Waals surface area (Å²) in [5.41, 5.74) is 4.86. The van der Waals surface area contributed by atoms with Crippen molar-refractivity contribution in [3.8, 4) is 11.1 Å². The zero-order valence-electron chi connectivity index (χ0n) is 20.9. The summed E-state index contributed by atoms with van der Waals surface area (Å²) in [5, 5.41) is 8.50. The lowest BCUT2D eigenvalue weighted by Crippen LogP contribution is -2.51. The van der Waals surface area contributed by atoms with Gasteiger partial charge in [-0.3, -0.25) is 14.3 Å². The van der Waals surface area contributed by atoms with Gasteiger partial charge < -0.3 is 15.0 Å². The average Bonchev–Trinajstić information content (AvgIpc) is 3.30. The lowest BCUT2D eigenvalue weighted by atomic mass is 9.98. The number of ether oxygens (including phenoxy) is 1. The minimum Gasteiger partial charge on any atom is -0.383 e. The topological polar surface area (TPSA) is 76.5 Å². The summed E-state index contributed by atoms with van der Waals surface area (Å²) in [5.74, 6) is -0.0727. The Morgan fingerprint density at radius 3 is 2.38 bits per heavy atom. The van der Waals surface area contributed by atoms with Gasteiger partial charge in [-0.05, 0) is 60.0 Å². The fourth-order valence-electron chi connectivity index (χ4n) is 4.73. The van der Waals surface area contributed by atoms with Crippen LogP contribution < -0.4 is 5.32 Å². The molecule has 1 aromatic heterocycles. The largest absolute Gasteiger partial charge is 0.383 e. The van der Waals surface area contributed by atoms with Gasteiger partial charge in [0, 0.05) is 61.9 Å². The zero-order chi connectivity index (χ0) is 25.9. The second kappa shape index (κ2) is 10.5. The molecule has 1 aliphatic rings. The maximum atomic E-state index is 13.2. The maximum absolute atomic E-state index is 13.2. The van der Waals surface area contributed by atoms with Crippen LogP contribution in [-0.4, -0.2) is 59.8 Å². The molecule has 2 heterocycles. The van der Waals surface area contributed by atoms with Gasteiger partial charge in [0.25, 0.3) is 11.8 Å². The van der Waals surface area contributed by atoms with Gasteiger partial charge in [-0.1, -0.05) is 24.3 Å². The van der Waals surface area contributed by atoms with Crippen LogP contribution in [0.3, 0.4) is 0 Å². The summed E-state index contributed by atoms with van der Waals surface area (Å²) in [6.07, 6.45) is 1.98. The van der Waals surface area contributed by atoms with Crippen molar-refractivity contribution in [1.82, 2.24) is 20.0 Å². The fourth-order valence-corrected chi connectivity index (χ4v) is 4.73. The highest BCUT2D eigenvalue weighted by atomic mass is 19.1. The van der Waals surface area contributed by atoms with E-state index in [-0.39, 0.29) is 17.6 Å².